The molecule has 1 fully saturated rings. The number of aromatic nitrogens is 2. The van der Waals surface area contributed by atoms with Gasteiger partial charge in [0.05, 0.1) is 9.99 Å². The minimum absolute atomic E-state index is 0. The van der Waals surface area contributed by atoms with Gasteiger partial charge in [-0.1, -0.05) is 0 Å². The Morgan fingerprint density at radius 1 is 1.09 bits per heavy atom. The van der Waals surface area contributed by atoms with Gasteiger partial charge in [0.15, 0.2) is 0 Å². The molecular weight excluding hydrogens is 511 g/mol. The van der Waals surface area contributed by atoms with E-state index in [1.54, 1.807) is 0 Å². The van der Waals surface area contributed by atoms with Crippen LogP contribution >= 0.6 is 60.2 Å². The Morgan fingerprint density at radius 3 is 2.48 bits per heavy atom. The Hall–Kier alpha value is 0.180. The van der Waals surface area contributed by atoms with Gasteiger partial charge in [-0.3, -0.25) is 0 Å². The van der Waals surface area contributed by atoms with Gasteiger partial charge in [-0.25, -0.2) is 4.98 Å². The molecule has 1 aromatic heterocycles. The largest absolute Gasteiger partial charge is 0.340 e. The number of anilines is 1. The van der Waals surface area contributed by atoms with Crippen molar-refractivity contribution in [3.8, 4) is 0 Å². The molecule has 1 unspecified atom stereocenters. The van der Waals surface area contributed by atoms with E-state index in [2.05, 4.69) is 69.5 Å². The van der Waals surface area contributed by atoms with Gasteiger partial charge in [-0.2, -0.15) is 0 Å². The van der Waals surface area contributed by atoms with Gasteiger partial charge in [-0.15, -0.1) is 12.4 Å². The lowest BCUT2D eigenvalue weighted by atomic mass is 10.00. The maximum absolute atomic E-state index is 5.02. The summed E-state index contributed by atoms with van der Waals surface area (Å²) in [5.41, 5.74) is 3.73. The molecule has 8 heteroatoms. The summed E-state index contributed by atoms with van der Waals surface area (Å²) < 4.78 is 5.72. The molecule has 2 aliphatic heterocycles. The van der Waals surface area contributed by atoms with Gasteiger partial charge in [0.2, 0.25) is 5.95 Å². The minimum atomic E-state index is 0. The number of rotatable bonds is 1. The number of hydrogen-bond acceptors (Lipinski definition) is 3. The fourth-order valence-electron chi connectivity index (χ4n) is 3.51. The van der Waals surface area contributed by atoms with E-state index in [0.717, 1.165) is 63.9 Å². The van der Waals surface area contributed by atoms with Crippen LogP contribution < -0.4 is 10.2 Å². The van der Waals surface area contributed by atoms with E-state index >= 15 is 0 Å². The van der Waals surface area contributed by atoms with Crippen LogP contribution in [0.1, 0.15) is 24.9 Å². The SMILES string of the molecule is CC1CCc2c(Br)c(Br)c(Br)c3nc(N4CCNCC4)n1c23.Cl. The molecule has 1 saturated heterocycles. The van der Waals surface area contributed by atoms with Gasteiger partial charge in [-0.05, 0) is 73.1 Å². The quantitative estimate of drug-likeness (QED) is 0.546. The molecule has 1 aromatic carbocycles. The summed E-state index contributed by atoms with van der Waals surface area (Å²) >= 11 is 11.2. The molecular formula is C15H18Br3ClN4. The lowest BCUT2D eigenvalue weighted by Crippen LogP contribution is -2.44. The molecule has 1 atom stereocenters. The highest BCUT2D eigenvalue weighted by atomic mass is 79.9. The molecule has 2 aromatic rings. The standard InChI is InChI=1S/C15H17Br3N4.ClH/c1-8-2-3-9-10(16)11(17)12(18)13-14(9)22(8)15(20-13)21-6-4-19-5-7-21;/h8,19H,2-7H2,1H3;1H. The molecule has 0 saturated carbocycles. The predicted molar refractivity (Wildman–Crippen MR) is 108 cm³/mol. The van der Waals surface area contributed by atoms with Crippen molar-refractivity contribution < 1.29 is 0 Å². The van der Waals surface area contributed by atoms with Crippen molar-refractivity contribution in [1.29, 1.82) is 0 Å². The van der Waals surface area contributed by atoms with Crippen LogP contribution in [0.2, 0.25) is 0 Å². The summed E-state index contributed by atoms with van der Waals surface area (Å²) in [6.07, 6.45) is 2.25. The smallest absolute Gasteiger partial charge is 0.206 e. The maximum atomic E-state index is 5.02. The van der Waals surface area contributed by atoms with E-state index in [0.29, 0.717) is 6.04 Å². The lowest BCUT2D eigenvalue weighted by molar-refractivity contribution is 0.486. The first kappa shape index (κ1) is 18.0. The summed E-state index contributed by atoms with van der Waals surface area (Å²) in [5.74, 6) is 1.12. The zero-order valence-electron chi connectivity index (χ0n) is 12.7. The Bertz CT molecular complexity index is 755. The third-order valence-corrected chi connectivity index (χ3v) is 8.19. The van der Waals surface area contributed by atoms with Crippen LogP contribution in [-0.2, 0) is 6.42 Å². The molecule has 4 rings (SSSR count). The lowest BCUT2D eigenvalue weighted by Gasteiger charge is -2.32. The monoisotopic (exact) mass is 526 g/mol. The Kier molecular flexibility index (Phi) is 5.34. The van der Waals surface area contributed by atoms with Crippen molar-refractivity contribution in [2.24, 2.45) is 0 Å². The maximum Gasteiger partial charge on any atom is 0.206 e. The first-order valence-electron chi connectivity index (χ1n) is 7.62. The molecule has 0 bridgehead atoms. The third kappa shape index (κ3) is 2.76. The second kappa shape index (κ2) is 6.83. The van der Waals surface area contributed by atoms with Crippen molar-refractivity contribution in [3.63, 3.8) is 0 Å². The zero-order chi connectivity index (χ0) is 15.4. The number of halogens is 4. The number of imidazole rings is 1. The highest BCUT2D eigenvalue weighted by molar-refractivity contribution is 9.14. The molecule has 0 aliphatic carbocycles. The normalized spacial score (nSPS) is 20.7. The van der Waals surface area contributed by atoms with E-state index in [1.165, 1.54) is 11.1 Å². The summed E-state index contributed by atoms with van der Waals surface area (Å²) in [5, 5.41) is 3.42. The summed E-state index contributed by atoms with van der Waals surface area (Å²) in [4.78, 5) is 7.44. The average Bonchev–Trinajstić information content (AvgIpc) is 2.95. The van der Waals surface area contributed by atoms with Crippen LogP contribution in [-0.4, -0.2) is 35.7 Å². The van der Waals surface area contributed by atoms with Gasteiger partial charge < -0.3 is 14.8 Å². The molecule has 0 radical (unpaired) electrons. The van der Waals surface area contributed by atoms with Crippen LogP contribution in [0.25, 0.3) is 11.0 Å². The van der Waals surface area contributed by atoms with Crippen molar-refractivity contribution in [3.05, 3.63) is 19.0 Å². The van der Waals surface area contributed by atoms with Gasteiger partial charge in [0, 0.05) is 41.2 Å². The van der Waals surface area contributed by atoms with E-state index in [1.807, 2.05) is 0 Å². The van der Waals surface area contributed by atoms with Crippen molar-refractivity contribution in [2.45, 2.75) is 25.8 Å². The molecule has 23 heavy (non-hydrogen) atoms. The minimum Gasteiger partial charge on any atom is -0.340 e. The Balaban J connectivity index is 0.00000156. The third-order valence-electron chi connectivity index (χ3n) is 4.69. The number of benzene rings is 1. The van der Waals surface area contributed by atoms with E-state index in [-0.39, 0.29) is 12.4 Å². The molecule has 2 aliphatic rings. The predicted octanol–water partition coefficient (Wildman–Crippen LogP) is 4.66. The van der Waals surface area contributed by atoms with Gasteiger partial charge >= 0.3 is 0 Å². The van der Waals surface area contributed by atoms with Crippen LogP contribution in [0.3, 0.4) is 0 Å². The number of aryl methyl sites for hydroxylation is 1. The van der Waals surface area contributed by atoms with Gasteiger partial charge in [0.25, 0.3) is 0 Å². The van der Waals surface area contributed by atoms with Crippen LogP contribution in [0.4, 0.5) is 5.95 Å². The second-order valence-electron chi connectivity index (χ2n) is 6.02. The fourth-order valence-corrected chi connectivity index (χ4v) is 5.27. The summed E-state index contributed by atoms with van der Waals surface area (Å²) in [6.45, 7) is 6.40. The molecule has 1 N–H and O–H groups in total. The summed E-state index contributed by atoms with van der Waals surface area (Å²) in [6, 6.07) is 0.488. The van der Waals surface area contributed by atoms with Crippen molar-refractivity contribution >= 4 is 77.2 Å². The molecule has 0 spiro atoms. The molecule has 0 amide bonds. The van der Waals surface area contributed by atoms with Crippen LogP contribution in [0.5, 0.6) is 0 Å². The highest BCUT2D eigenvalue weighted by Gasteiger charge is 2.30. The van der Waals surface area contributed by atoms with Crippen LogP contribution in [0.15, 0.2) is 13.4 Å². The van der Waals surface area contributed by atoms with E-state index in [4.69, 9.17) is 4.98 Å². The number of nitrogens with zero attached hydrogens (tertiary/aromatic N) is 3. The molecule has 3 heterocycles. The fraction of sp³-hybridized carbons (Fsp3) is 0.533. The van der Waals surface area contributed by atoms with E-state index in [9.17, 15) is 0 Å². The number of nitrogens with one attached hydrogen (secondary N) is 1. The topological polar surface area (TPSA) is 33.1 Å². The highest BCUT2D eigenvalue weighted by Crippen LogP contribution is 2.46. The Labute approximate surface area is 167 Å². The number of piperazine rings is 1. The number of hydrogen-bond donors (Lipinski definition) is 1. The summed E-state index contributed by atoms with van der Waals surface area (Å²) in [7, 11) is 0. The van der Waals surface area contributed by atoms with Gasteiger partial charge in [0.1, 0.15) is 5.52 Å². The van der Waals surface area contributed by atoms with Crippen LogP contribution in [0, 0.1) is 0 Å². The first-order valence-corrected chi connectivity index (χ1v) is 10.0. The van der Waals surface area contributed by atoms with E-state index < -0.39 is 0 Å². The zero-order valence-corrected chi connectivity index (χ0v) is 18.3. The molecule has 4 nitrogen and oxygen atoms in total. The van der Waals surface area contributed by atoms with Crippen molar-refractivity contribution in [2.75, 3.05) is 31.1 Å². The Morgan fingerprint density at radius 2 is 1.78 bits per heavy atom. The second-order valence-corrected chi connectivity index (χ2v) is 8.40. The average molecular weight is 530 g/mol. The van der Waals surface area contributed by atoms with Crippen molar-refractivity contribution in [1.82, 2.24) is 14.9 Å². The first-order chi connectivity index (χ1) is 10.6. The molecule has 126 valence electrons.